The first-order valence-electron chi connectivity index (χ1n) is 7.94. The third-order valence-electron chi connectivity index (χ3n) is 3.73. The maximum absolute atomic E-state index is 12.2. The number of aromatic nitrogens is 1. The van der Waals surface area contributed by atoms with Gasteiger partial charge in [-0.05, 0) is 26.2 Å². The van der Waals surface area contributed by atoms with Crippen molar-refractivity contribution in [3.05, 3.63) is 42.1 Å². The number of anilines is 1. The first-order chi connectivity index (χ1) is 12.0. The number of oxazole rings is 1. The number of amides is 2. The van der Waals surface area contributed by atoms with Crippen LogP contribution in [0.25, 0.3) is 0 Å². The summed E-state index contributed by atoms with van der Waals surface area (Å²) < 4.78 is 10.8. The van der Waals surface area contributed by atoms with Crippen molar-refractivity contribution in [1.29, 1.82) is 0 Å². The summed E-state index contributed by atoms with van der Waals surface area (Å²) in [6.45, 7) is 1.36. The molecule has 25 heavy (non-hydrogen) atoms. The molecule has 2 amide bonds. The van der Waals surface area contributed by atoms with E-state index in [-0.39, 0.29) is 30.7 Å². The Labute approximate surface area is 145 Å². The van der Waals surface area contributed by atoms with Gasteiger partial charge >= 0.3 is 0 Å². The van der Waals surface area contributed by atoms with E-state index >= 15 is 0 Å². The number of carbonyl (C=O) groups is 2. The van der Waals surface area contributed by atoms with Crippen LogP contribution in [0.5, 0.6) is 5.75 Å². The highest BCUT2D eigenvalue weighted by molar-refractivity contribution is 5.97. The highest BCUT2D eigenvalue weighted by Gasteiger charge is 2.27. The minimum absolute atomic E-state index is 0.0321. The number of hydrogen-bond acceptors (Lipinski definition) is 6. The largest absolute Gasteiger partial charge is 0.482 e. The van der Waals surface area contributed by atoms with E-state index in [0.717, 1.165) is 6.54 Å². The molecule has 0 atom stereocenters. The van der Waals surface area contributed by atoms with Crippen LogP contribution in [0.1, 0.15) is 16.4 Å². The molecule has 0 spiro atoms. The van der Waals surface area contributed by atoms with E-state index in [1.165, 1.54) is 6.26 Å². The predicted octanol–water partition coefficient (Wildman–Crippen LogP) is 0.892. The molecule has 1 N–H and O–H groups in total. The number of ether oxygens (including phenoxy) is 1. The SMILES string of the molecule is CN(C)CCNC(=O)c1coc(CN2C(=O)COc3ccccc32)n1. The number of likely N-dealkylation sites (N-methyl/N-ethyl adjacent to an activating group) is 1. The van der Waals surface area contributed by atoms with Crippen LogP contribution in [0.2, 0.25) is 0 Å². The fourth-order valence-electron chi connectivity index (χ4n) is 2.43. The van der Waals surface area contributed by atoms with Gasteiger partial charge in [0.05, 0.1) is 5.69 Å². The number of carbonyl (C=O) groups excluding carboxylic acids is 2. The third-order valence-corrected chi connectivity index (χ3v) is 3.73. The maximum atomic E-state index is 12.2. The lowest BCUT2D eigenvalue weighted by molar-refractivity contribution is -0.121. The van der Waals surface area contributed by atoms with E-state index < -0.39 is 0 Å². The van der Waals surface area contributed by atoms with E-state index in [1.54, 1.807) is 17.0 Å². The number of benzene rings is 1. The van der Waals surface area contributed by atoms with Crippen LogP contribution >= 0.6 is 0 Å². The van der Waals surface area contributed by atoms with Gasteiger partial charge in [0.1, 0.15) is 18.6 Å². The number of nitrogens with one attached hydrogen (secondary N) is 1. The van der Waals surface area contributed by atoms with Crippen molar-refractivity contribution in [2.45, 2.75) is 6.54 Å². The van der Waals surface area contributed by atoms with Crippen molar-refractivity contribution >= 4 is 17.5 Å². The monoisotopic (exact) mass is 344 g/mol. The Kier molecular flexibility index (Phi) is 4.99. The number of nitrogens with zero attached hydrogens (tertiary/aromatic N) is 3. The molecular formula is C17H20N4O4. The molecule has 0 bridgehead atoms. The summed E-state index contributed by atoms with van der Waals surface area (Å²) in [5.41, 5.74) is 0.858. The van der Waals surface area contributed by atoms with Gasteiger partial charge in [-0.15, -0.1) is 0 Å². The molecule has 1 aromatic carbocycles. The molecule has 0 saturated heterocycles. The molecule has 0 saturated carbocycles. The second-order valence-corrected chi connectivity index (χ2v) is 5.92. The molecule has 3 rings (SSSR count). The van der Waals surface area contributed by atoms with E-state index in [2.05, 4.69) is 10.3 Å². The summed E-state index contributed by atoms with van der Waals surface area (Å²) in [5.74, 6) is 0.442. The molecule has 2 aromatic rings. The van der Waals surface area contributed by atoms with Crippen molar-refractivity contribution in [3.63, 3.8) is 0 Å². The normalized spacial score (nSPS) is 13.6. The summed E-state index contributed by atoms with van der Waals surface area (Å²) in [6.07, 6.45) is 1.30. The minimum Gasteiger partial charge on any atom is -0.482 e. The van der Waals surface area contributed by atoms with Crippen LogP contribution in [-0.4, -0.2) is 55.5 Å². The lowest BCUT2D eigenvalue weighted by Gasteiger charge is -2.28. The molecule has 8 heteroatoms. The summed E-state index contributed by atoms with van der Waals surface area (Å²) in [5, 5.41) is 2.77. The fraction of sp³-hybridized carbons (Fsp3) is 0.353. The van der Waals surface area contributed by atoms with E-state index in [0.29, 0.717) is 23.9 Å². The van der Waals surface area contributed by atoms with E-state index in [9.17, 15) is 9.59 Å². The maximum Gasteiger partial charge on any atom is 0.273 e. The Hall–Kier alpha value is -2.87. The topological polar surface area (TPSA) is 87.9 Å². The quantitative estimate of drug-likeness (QED) is 0.837. The molecule has 1 aliphatic rings. The zero-order chi connectivity index (χ0) is 17.8. The summed E-state index contributed by atoms with van der Waals surface area (Å²) in [6, 6.07) is 7.26. The van der Waals surface area contributed by atoms with Gasteiger partial charge in [-0.2, -0.15) is 0 Å². The molecule has 0 aliphatic carbocycles. The highest BCUT2D eigenvalue weighted by Crippen LogP contribution is 2.32. The molecule has 1 aromatic heterocycles. The Morgan fingerprint density at radius 3 is 2.96 bits per heavy atom. The zero-order valence-corrected chi connectivity index (χ0v) is 14.2. The van der Waals surface area contributed by atoms with Gasteiger partial charge in [0.15, 0.2) is 12.3 Å². The standard InChI is InChI=1S/C17H20N4O4/c1-20(2)8-7-18-17(23)12-10-25-15(19-12)9-21-13-5-3-4-6-14(13)24-11-16(21)22/h3-6,10H,7-9,11H2,1-2H3,(H,18,23). The average molecular weight is 344 g/mol. The lowest BCUT2D eigenvalue weighted by atomic mass is 10.2. The van der Waals surface area contributed by atoms with Crippen molar-refractivity contribution in [1.82, 2.24) is 15.2 Å². The second kappa shape index (κ2) is 7.35. The van der Waals surface area contributed by atoms with E-state index in [1.807, 2.05) is 31.1 Å². The molecular weight excluding hydrogens is 324 g/mol. The van der Waals surface area contributed by atoms with Gasteiger partial charge in [-0.25, -0.2) is 4.98 Å². The average Bonchev–Trinajstić information content (AvgIpc) is 3.06. The van der Waals surface area contributed by atoms with Gasteiger partial charge in [-0.3, -0.25) is 14.5 Å². The Balaban J connectivity index is 1.67. The van der Waals surface area contributed by atoms with Gasteiger partial charge < -0.3 is 19.4 Å². The Morgan fingerprint density at radius 1 is 1.36 bits per heavy atom. The summed E-state index contributed by atoms with van der Waals surface area (Å²) >= 11 is 0. The molecule has 0 radical (unpaired) electrons. The number of rotatable bonds is 6. The minimum atomic E-state index is -0.300. The zero-order valence-electron chi connectivity index (χ0n) is 14.2. The van der Waals surface area contributed by atoms with Crippen LogP contribution < -0.4 is 15.0 Å². The predicted molar refractivity (Wildman–Crippen MR) is 90.5 cm³/mol. The van der Waals surface area contributed by atoms with Gasteiger partial charge in [0.25, 0.3) is 11.8 Å². The molecule has 0 fully saturated rings. The summed E-state index contributed by atoms with van der Waals surface area (Å²) in [7, 11) is 3.86. The third kappa shape index (κ3) is 3.97. The lowest BCUT2D eigenvalue weighted by Crippen LogP contribution is -2.38. The van der Waals surface area contributed by atoms with Gasteiger partial charge in [0.2, 0.25) is 5.89 Å². The molecule has 0 unspecified atom stereocenters. The first-order valence-corrected chi connectivity index (χ1v) is 7.94. The number of hydrogen-bond donors (Lipinski definition) is 1. The highest BCUT2D eigenvalue weighted by atomic mass is 16.5. The van der Waals surface area contributed by atoms with Crippen LogP contribution in [0, 0.1) is 0 Å². The van der Waals surface area contributed by atoms with E-state index in [4.69, 9.17) is 9.15 Å². The Bertz CT molecular complexity index is 772. The van der Waals surface area contributed by atoms with Gasteiger partial charge in [0, 0.05) is 13.1 Å². The summed E-state index contributed by atoms with van der Waals surface area (Å²) in [4.78, 5) is 31.9. The van der Waals surface area contributed by atoms with Crippen LogP contribution in [0.15, 0.2) is 34.9 Å². The van der Waals surface area contributed by atoms with Crippen LogP contribution in [-0.2, 0) is 11.3 Å². The molecule has 2 heterocycles. The smallest absolute Gasteiger partial charge is 0.273 e. The van der Waals surface area contributed by atoms with Crippen molar-refractivity contribution in [2.75, 3.05) is 38.7 Å². The van der Waals surface area contributed by atoms with Gasteiger partial charge in [-0.1, -0.05) is 12.1 Å². The van der Waals surface area contributed by atoms with Crippen molar-refractivity contribution in [3.8, 4) is 5.75 Å². The first kappa shape index (κ1) is 17.0. The van der Waals surface area contributed by atoms with Crippen LogP contribution in [0.4, 0.5) is 5.69 Å². The van der Waals surface area contributed by atoms with Crippen molar-refractivity contribution < 1.29 is 18.7 Å². The van der Waals surface area contributed by atoms with Crippen molar-refractivity contribution in [2.24, 2.45) is 0 Å². The fourth-order valence-corrected chi connectivity index (χ4v) is 2.43. The second-order valence-electron chi connectivity index (χ2n) is 5.92. The van der Waals surface area contributed by atoms with Crippen LogP contribution in [0.3, 0.4) is 0 Å². The Morgan fingerprint density at radius 2 is 2.16 bits per heavy atom. The number of para-hydroxylation sites is 2. The number of fused-ring (bicyclic) bond motifs is 1. The molecule has 8 nitrogen and oxygen atoms in total. The molecule has 132 valence electrons. The molecule has 1 aliphatic heterocycles.